The van der Waals surface area contributed by atoms with Gasteiger partial charge in [-0.25, -0.2) is 14.8 Å². The van der Waals surface area contributed by atoms with Gasteiger partial charge < -0.3 is 20.7 Å². The summed E-state index contributed by atoms with van der Waals surface area (Å²) in [7, 11) is 0. The molecule has 3 N–H and O–H groups in total. The number of halogens is 1. The fraction of sp³-hybridized carbons (Fsp3) is 0.457. The van der Waals surface area contributed by atoms with Crippen molar-refractivity contribution in [3.63, 3.8) is 0 Å². The van der Waals surface area contributed by atoms with E-state index in [-0.39, 0.29) is 6.09 Å². The number of ether oxygens (including phenoxy) is 1. The number of benzene rings is 2. The van der Waals surface area contributed by atoms with Gasteiger partial charge in [-0.1, -0.05) is 67.3 Å². The van der Waals surface area contributed by atoms with Crippen molar-refractivity contribution in [2.45, 2.75) is 82.3 Å². The molecule has 3 heterocycles. The number of fused-ring (bicyclic) bond motifs is 1. The molecule has 2 aliphatic rings. The van der Waals surface area contributed by atoms with Crippen molar-refractivity contribution in [2.75, 3.05) is 25.0 Å². The third kappa shape index (κ3) is 9.15. The Hall–Kier alpha value is -3.27. The highest BCUT2D eigenvalue weighted by Crippen LogP contribution is 2.37. The number of amides is 1. The molecule has 1 atom stereocenters. The van der Waals surface area contributed by atoms with Crippen LogP contribution in [0.3, 0.4) is 0 Å². The highest BCUT2D eigenvalue weighted by Gasteiger charge is 2.27. The third-order valence-electron chi connectivity index (χ3n) is 8.07. The third-order valence-corrected chi connectivity index (χ3v) is 9.32. The molecule has 1 amide bonds. The summed E-state index contributed by atoms with van der Waals surface area (Å²) in [6.07, 6.45) is 12.0. The number of aromatic nitrogens is 3. The Bertz CT molecular complexity index is 1550. The summed E-state index contributed by atoms with van der Waals surface area (Å²) < 4.78 is 7.50. The van der Waals surface area contributed by atoms with E-state index in [1.807, 2.05) is 26.8 Å². The Morgan fingerprint density at radius 3 is 2.51 bits per heavy atom. The van der Waals surface area contributed by atoms with Crippen LogP contribution < -0.4 is 11.1 Å². The van der Waals surface area contributed by atoms with Gasteiger partial charge in [0.2, 0.25) is 5.95 Å². The minimum absolute atomic E-state index is 0.208. The van der Waals surface area contributed by atoms with Crippen LogP contribution in [-0.4, -0.2) is 56.2 Å². The molecule has 2 aromatic carbocycles. The zero-order valence-corrected chi connectivity index (χ0v) is 28.1. The first-order chi connectivity index (χ1) is 21.7. The number of nitrogens with two attached hydrogens (primary N) is 1. The highest BCUT2D eigenvalue weighted by atomic mass is 35.5. The Balaban J connectivity index is 0.000000226. The number of piperidine rings is 1. The number of carbonyl (C=O) groups excluding carboxylic acids is 1. The number of carbonyl (C=O) groups is 1. The zero-order valence-electron chi connectivity index (χ0n) is 26.5. The Morgan fingerprint density at radius 2 is 1.78 bits per heavy atom. The van der Waals surface area contributed by atoms with Crippen LogP contribution in [0.1, 0.15) is 65.7 Å². The van der Waals surface area contributed by atoms with Crippen molar-refractivity contribution in [3.8, 4) is 11.3 Å². The van der Waals surface area contributed by atoms with Gasteiger partial charge in [0, 0.05) is 41.2 Å². The number of nitrogens with zero attached hydrogens (tertiary/aromatic N) is 4. The maximum Gasteiger partial charge on any atom is 0.410 e. The number of anilines is 1. The molecule has 1 saturated heterocycles. The largest absolute Gasteiger partial charge is 0.444 e. The lowest BCUT2D eigenvalue weighted by atomic mass is 9.96. The van der Waals surface area contributed by atoms with Crippen molar-refractivity contribution in [2.24, 2.45) is 11.7 Å². The van der Waals surface area contributed by atoms with Crippen LogP contribution in [0.2, 0.25) is 5.02 Å². The van der Waals surface area contributed by atoms with Crippen molar-refractivity contribution >= 4 is 46.5 Å². The summed E-state index contributed by atoms with van der Waals surface area (Å²) in [6, 6.07) is 19.2. The Morgan fingerprint density at radius 1 is 1.04 bits per heavy atom. The monoisotopic (exact) mass is 648 g/mol. The zero-order chi connectivity index (χ0) is 31.8. The summed E-state index contributed by atoms with van der Waals surface area (Å²) >= 11 is 8.26. The van der Waals surface area contributed by atoms with E-state index in [4.69, 9.17) is 27.1 Å². The molecule has 240 valence electrons. The standard InChI is InChI=1S/C24H23ClN4S.C11H22N2O2/c25-21-15-26-24(27-17-9-3-1-4-10-17)28-23(21)20-16-29(22-14-8-7-13-19(20)22)30-18-11-5-2-6-12-18;1-11(2,3)15-10(14)13-6-4-5-9(7-12)8-13/h2,5-8,11-17H,1,3-4,9-10H2,(H,26,27,28);9H,4-8,12H2,1-3H3. The number of nitrogens with one attached hydrogen (secondary N) is 1. The molecular formula is C35H45ClN6O2S. The van der Waals surface area contributed by atoms with Gasteiger partial charge in [0.1, 0.15) is 5.60 Å². The second-order valence-corrected chi connectivity index (χ2v) is 14.3. The van der Waals surface area contributed by atoms with Crippen LogP contribution in [0.4, 0.5) is 10.7 Å². The summed E-state index contributed by atoms with van der Waals surface area (Å²) in [5.74, 6) is 1.10. The van der Waals surface area contributed by atoms with Gasteiger partial charge in [-0.2, -0.15) is 0 Å². The van der Waals surface area contributed by atoms with Gasteiger partial charge in [-0.15, -0.1) is 0 Å². The van der Waals surface area contributed by atoms with Crippen molar-refractivity contribution in [1.82, 2.24) is 18.8 Å². The smallest absolute Gasteiger partial charge is 0.410 e. The summed E-state index contributed by atoms with van der Waals surface area (Å²) in [5, 5.41) is 5.22. The quantitative estimate of drug-likeness (QED) is 0.216. The van der Waals surface area contributed by atoms with Crippen LogP contribution in [0.5, 0.6) is 0 Å². The molecular weight excluding hydrogens is 604 g/mol. The maximum absolute atomic E-state index is 11.7. The van der Waals surface area contributed by atoms with E-state index in [0.29, 0.717) is 29.5 Å². The van der Waals surface area contributed by atoms with Crippen LogP contribution in [0, 0.1) is 5.92 Å². The fourth-order valence-electron chi connectivity index (χ4n) is 5.81. The van der Waals surface area contributed by atoms with Crippen LogP contribution in [-0.2, 0) is 4.74 Å². The molecule has 1 unspecified atom stereocenters. The molecule has 0 radical (unpaired) electrons. The van der Waals surface area contributed by atoms with Gasteiger partial charge in [0.25, 0.3) is 0 Å². The van der Waals surface area contributed by atoms with Gasteiger partial charge in [-0.05, 0) is 89.1 Å². The number of hydrogen-bond acceptors (Lipinski definition) is 7. The number of hydrogen-bond donors (Lipinski definition) is 2. The summed E-state index contributed by atoms with van der Waals surface area (Å²) in [6.45, 7) is 7.84. The van der Waals surface area contributed by atoms with E-state index in [1.54, 1.807) is 23.0 Å². The molecule has 0 bridgehead atoms. The SMILES string of the molecule is CC(C)(C)OC(=O)N1CCCC(CN)C1.Clc1cnc(NC2CCCCC2)nc1-c1cn(Sc2ccccc2)c2ccccc12. The molecule has 6 rings (SSSR count). The minimum Gasteiger partial charge on any atom is -0.444 e. The first-order valence-corrected chi connectivity index (χ1v) is 17.2. The van der Waals surface area contributed by atoms with Crippen LogP contribution in [0.25, 0.3) is 22.2 Å². The molecule has 4 aromatic rings. The van der Waals surface area contributed by atoms with E-state index >= 15 is 0 Å². The van der Waals surface area contributed by atoms with Gasteiger partial charge in [0.15, 0.2) is 0 Å². The molecule has 1 aliphatic heterocycles. The normalized spacial score (nSPS) is 17.4. The van der Waals surface area contributed by atoms with Gasteiger partial charge in [0.05, 0.1) is 22.4 Å². The lowest BCUT2D eigenvalue weighted by molar-refractivity contribution is 0.0170. The summed E-state index contributed by atoms with van der Waals surface area (Å²) in [5.41, 5.74) is 8.13. The van der Waals surface area contributed by atoms with Crippen molar-refractivity contribution in [1.29, 1.82) is 0 Å². The highest BCUT2D eigenvalue weighted by molar-refractivity contribution is 7.98. The number of rotatable bonds is 6. The lowest BCUT2D eigenvalue weighted by Gasteiger charge is -2.33. The van der Waals surface area contributed by atoms with E-state index < -0.39 is 5.60 Å². The Kier molecular flexibility index (Phi) is 11.3. The maximum atomic E-state index is 11.7. The van der Waals surface area contributed by atoms with Crippen molar-refractivity contribution in [3.05, 3.63) is 72.0 Å². The second-order valence-electron chi connectivity index (χ2n) is 12.8. The predicted octanol–water partition coefficient (Wildman–Crippen LogP) is 8.64. The number of para-hydroxylation sites is 1. The Labute approximate surface area is 276 Å². The molecule has 0 spiro atoms. The first-order valence-electron chi connectivity index (χ1n) is 16.0. The van der Waals surface area contributed by atoms with Crippen molar-refractivity contribution < 1.29 is 9.53 Å². The van der Waals surface area contributed by atoms with E-state index in [1.165, 1.54) is 37.0 Å². The van der Waals surface area contributed by atoms with Gasteiger partial charge >= 0.3 is 6.09 Å². The van der Waals surface area contributed by atoms with Gasteiger partial charge in [-0.3, -0.25) is 3.97 Å². The molecule has 1 saturated carbocycles. The molecule has 10 heteroatoms. The van der Waals surface area contributed by atoms with E-state index in [9.17, 15) is 4.79 Å². The lowest BCUT2D eigenvalue weighted by Crippen LogP contribution is -2.44. The second kappa shape index (κ2) is 15.3. The topological polar surface area (TPSA) is 98.3 Å². The minimum atomic E-state index is -0.410. The molecule has 1 aliphatic carbocycles. The number of likely N-dealkylation sites (tertiary alicyclic amines) is 1. The average Bonchev–Trinajstić information content (AvgIpc) is 3.40. The van der Waals surface area contributed by atoms with E-state index in [2.05, 4.69) is 69.0 Å². The molecule has 8 nitrogen and oxygen atoms in total. The molecule has 2 fully saturated rings. The predicted molar refractivity (Wildman–Crippen MR) is 186 cm³/mol. The average molecular weight is 649 g/mol. The fourth-order valence-corrected chi connectivity index (χ4v) is 6.93. The molecule has 45 heavy (non-hydrogen) atoms. The van der Waals surface area contributed by atoms with Crippen LogP contribution in [0.15, 0.2) is 71.9 Å². The van der Waals surface area contributed by atoms with Crippen LogP contribution >= 0.6 is 23.5 Å². The summed E-state index contributed by atoms with van der Waals surface area (Å²) in [4.78, 5) is 24.0. The molecule has 2 aromatic heterocycles. The van der Waals surface area contributed by atoms with E-state index in [0.717, 1.165) is 48.1 Å². The first kappa shape index (κ1) is 33.1.